The zero-order chi connectivity index (χ0) is 18.8. The summed E-state index contributed by atoms with van der Waals surface area (Å²) in [6, 6.07) is 12.2. The molecule has 0 spiro atoms. The Morgan fingerprint density at radius 1 is 0.852 bits per heavy atom. The second-order valence-corrected chi connectivity index (χ2v) is 8.68. The minimum atomic E-state index is -0.318. The fourth-order valence-corrected chi connectivity index (χ4v) is 5.20. The van der Waals surface area contributed by atoms with Crippen LogP contribution in [0, 0.1) is 24.6 Å². The van der Waals surface area contributed by atoms with Gasteiger partial charge in [0.15, 0.2) is 0 Å². The number of hydrogen-bond acceptors (Lipinski definition) is 0. The van der Waals surface area contributed by atoms with E-state index in [1.54, 1.807) is 13.0 Å². The molecule has 0 aliphatic heterocycles. The van der Waals surface area contributed by atoms with E-state index < -0.39 is 0 Å². The summed E-state index contributed by atoms with van der Waals surface area (Å²) in [5.41, 5.74) is 5.08. The minimum absolute atomic E-state index is 0.218. The van der Waals surface area contributed by atoms with Crippen molar-refractivity contribution in [2.45, 2.75) is 58.3 Å². The predicted molar refractivity (Wildman–Crippen MR) is 113 cm³/mol. The van der Waals surface area contributed by atoms with Crippen LogP contribution in [-0.2, 0) is 0 Å². The van der Waals surface area contributed by atoms with E-state index in [1.165, 1.54) is 62.5 Å². The maximum absolute atomic E-state index is 14.1. The summed E-state index contributed by atoms with van der Waals surface area (Å²) in [4.78, 5) is 0. The summed E-state index contributed by atoms with van der Waals surface area (Å²) < 4.78 is 14.1. The molecule has 0 radical (unpaired) electrons. The Morgan fingerprint density at radius 2 is 1.56 bits per heavy atom. The molecule has 1 atom stereocenters. The molecular formula is C25H28ClF. The first-order valence-corrected chi connectivity index (χ1v) is 10.8. The van der Waals surface area contributed by atoms with Crippen LogP contribution in [0.2, 0.25) is 5.02 Å². The fourth-order valence-electron chi connectivity index (χ4n) is 4.88. The first kappa shape index (κ1) is 18.7. The molecule has 2 aliphatic carbocycles. The Hall–Kier alpha value is -1.60. The molecule has 0 amide bonds. The molecule has 2 heteroatoms. The Balaban J connectivity index is 1.48. The molecule has 0 aromatic heterocycles. The average Bonchev–Trinajstić information content (AvgIpc) is 2.73. The van der Waals surface area contributed by atoms with Gasteiger partial charge in [-0.2, -0.15) is 0 Å². The van der Waals surface area contributed by atoms with Crippen molar-refractivity contribution in [2.24, 2.45) is 11.8 Å². The van der Waals surface area contributed by atoms with E-state index in [2.05, 4.69) is 30.3 Å². The second kappa shape index (κ2) is 8.19. The molecular weight excluding hydrogens is 355 g/mol. The van der Waals surface area contributed by atoms with Crippen molar-refractivity contribution in [3.05, 3.63) is 64.4 Å². The lowest BCUT2D eigenvalue weighted by Gasteiger charge is -2.32. The van der Waals surface area contributed by atoms with Gasteiger partial charge in [-0.1, -0.05) is 86.2 Å². The highest BCUT2D eigenvalue weighted by molar-refractivity contribution is 6.33. The Labute approximate surface area is 167 Å². The summed E-state index contributed by atoms with van der Waals surface area (Å²) in [6.07, 6.45) is 13.4. The molecule has 4 rings (SSSR count). The Morgan fingerprint density at radius 3 is 2.22 bits per heavy atom. The summed E-state index contributed by atoms with van der Waals surface area (Å²) in [7, 11) is 0. The van der Waals surface area contributed by atoms with E-state index in [9.17, 15) is 4.39 Å². The average molecular weight is 383 g/mol. The lowest BCUT2D eigenvalue weighted by atomic mass is 9.73. The lowest BCUT2D eigenvalue weighted by Crippen LogP contribution is -2.19. The maximum atomic E-state index is 14.1. The number of rotatable bonds is 3. The summed E-state index contributed by atoms with van der Waals surface area (Å²) >= 11 is 6.22. The van der Waals surface area contributed by atoms with Crippen LogP contribution in [0.5, 0.6) is 0 Å². The Bertz CT molecular complexity index is 828. The molecule has 0 heterocycles. The monoisotopic (exact) mass is 382 g/mol. The lowest BCUT2D eigenvalue weighted by molar-refractivity contribution is 0.235. The molecule has 0 N–H and O–H groups in total. The molecule has 142 valence electrons. The topological polar surface area (TPSA) is 0 Å². The first-order chi connectivity index (χ1) is 13.1. The number of aryl methyl sites for hydroxylation is 1. The van der Waals surface area contributed by atoms with Crippen molar-refractivity contribution >= 4 is 17.2 Å². The number of halogens is 2. The highest BCUT2D eigenvalue weighted by Gasteiger charge is 2.25. The molecule has 1 unspecified atom stereocenters. The van der Waals surface area contributed by atoms with Gasteiger partial charge in [0.2, 0.25) is 0 Å². The van der Waals surface area contributed by atoms with Gasteiger partial charge in [0.1, 0.15) is 5.82 Å². The quantitative estimate of drug-likeness (QED) is 0.501. The van der Waals surface area contributed by atoms with Gasteiger partial charge in [-0.25, -0.2) is 4.39 Å². The van der Waals surface area contributed by atoms with Gasteiger partial charge in [0.05, 0.1) is 5.02 Å². The molecule has 2 aliphatic rings. The van der Waals surface area contributed by atoms with Crippen molar-refractivity contribution in [3.63, 3.8) is 0 Å². The number of benzene rings is 2. The van der Waals surface area contributed by atoms with Gasteiger partial charge in [0, 0.05) is 5.56 Å². The SMILES string of the molecule is Cc1ccc(-c2ccc(C3=CCC(C4CCCCC4)CC3)cc2)c(Cl)c1F. The third-order valence-corrected chi connectivity index (χ3v) is 6.98. The van der Waals surface area contributed by atoms with E-state index >= 15 is 0 Å². The first-order valence-electron chi connectivity index (χ1n) is 10.4. The third-order valence-electron chi connectivity index (χ3n) is 6.61. The molecule has 1 fully saturated rings. The zero-order valence-electron chi connectivity index (χ0n) is 16.1. The molecule has 27 heavy (non-hydrogen) atoms. The number of allylic oxidation sites excluding steroid dienone is 2. The minimum Gasteiger partial charge on any atom is -0.205 e. The van der Waals surface area contributed by atoms with E-state index in [4.69, 9.17) is 11.6 Å². The van der Waals surface area contributed by atoms with Crippen molar-refractivity contribution in [2.75, 3.05) is 0 Å². The summed E-state index contributed by atoms with van der Waals surface area (Å²) in [5.74, 6) is 1.53. The molecule has 2 aromatic rings. The van der Waals surface area contributed by atoms with E-state index in [1.807, 2.05) is 6.07 Å². The van der Waals surface area contributed by atoms with E-state index in [0.29, 0.717) is 5.56 Å². The van der Waals surface area contributed by atoms with Gasteiger partial charge in [-0.15, -0.1) is 0 Å². The molecule has 1 saturated carbocycles. The van der Waals surface area contributed by atoms with Gasteiger partial charge in [0.25, 0.3) is 0 Å². The molecule has 0 nitrogen and oxygen atoms in total. The predicted octanol–water partition coefficient (Wildman–Crippen LogP) is 8.22. The van der Waals surface area contributed by atoms with Crippen molar-refractivity contribution in [3.8, 4) is 11.1 Å². The highest BCUT2D eigenvalue weighted by atomic mass is 35.5. The Kier molecular flexibility index (Phi) is 5.68. The van der Waals surface area contributed by atoms with Crippen molar-refractivity contribution < 1.29 is 4.39 Å². The smallest absolute Gasteiger partial charge is 0.145 e. The normalized spacial score (nSPS) is 21.1. The van der Waals surface area contributed by atoms with Crippen LogP contribution in [0.4, 0.5) is 4.39 Å². The highest BCUT2D eigenvalue weighted by Crippen LogP contribution is 2.40. The molecule has 0 bridgehead atoms. The van der Waals surface area contributed by atoms with Crippen LogP contribution in [0.1, 0.15) is 62.5 Å². The van der Waals surface area contributed by atoms with Gasteiger partial charge >= 0.3 is 0 Å². The standard InChI is InChI=1S/C25H28ClF/c1-17-7-16-23(24(26)25(17)27)22-14-12-21(13-15-22)20-10-8-19(9-11-20)18-5-3-2-4-6-18/h7,10,12-16,18-19H,2-6,8-9,11H2,1H3. The molecule has 0 saturated heterocycles. The van der Waals surface area contributed by atoms with Crippen LogP contribution in [0.3, 0.4) is 0 Å². The van der Waals surface area contributed by atoms with Gasteiger partial charge < -0.3 is 0 Å². The maximum Gasteiger partial charge on any atom is 0.145 e. The summed E-state index contributed by atoms with van der Waals surface area (Å²) in [6.45, 7) is 1.74. The van der Waals surface area contributed by atoms with Crippen LogP contribution in [-0.4, -0.2) is 0 Å². The van der Waals surface area contributed by atoms with Gasteiger partial charge in [-0.05, 0) is 60.3 Å². The summed E-state index contributed by atoms with van der Waals surface area (Å²) in [5, 5.41) is 0.218. The van der Waals surface area contributed by atoms with Crippen LogP contribution in [0.25, 0.3) is 16.7 Å². The third kappa shape index (κ3) is 3.99. The number of hydrogen-bond donors (Lipinski definition) is 0. The van der Waals surface area contributed by atoms with Crippen LogP contribution in [0.15, 0.2) is 42.5 Å². The largest absolute Gasteiger partial charge is 0.205 e. The van der Waals surface area contributed by atoms with Crippen molar-refractivity contribution in [1.29, 1.82) is 0 Å². The van der Waals surface area contributed by atoms with Crippen LogP contribution < -0.4 is 0 Å². The zero-order valence-corrected chi connectivity index (χ0v) is 16.9. The van der Waals surface area contributed by atoms with Crippen molar-refractivity contribution in [1.82, 2.24) is 0 Å². The fraction of sp³-hybridized carbons (Fsp3) is 0.440. The second-order valence-electron chi connectivity index (χ2n) is 8.30. The van der Waals surface area contributed by atoms with E-state index in [0.717, 1.165) is 23.0 Å². The molecule has 2 aromatic carbocycles. The van der Waals surface area contributed by atoms with Crippen LogP contribution >= 0.6 is 11.6 Å². The van der Waals surface area contributed by atoms with E-state index in [-0.39, 0.29) is 10.8 Å². The van der Waals surface area contributed by atoms with Gasteiger partial charge in [-0.3, -0.25) is 0 Å².